The van der Waals surface area contributed by atoms with Gasteiger partial charge in [0, 0.05) is 20.0 Å². The average Bonchev–Trinajstić information content (AvgIpc) is 3.04. The number of methoxy groups -OCH3 is 1. The van der Waals surface area contributed by atoms with E-state index in [2.05, 4.69) is 12.1 Å². The number of hydrogen-bond acceptors (Lipinski definition) is 4. The van der Waals surface area contributed by atoms with E-state index < -0.39 is 12.1 Å². The molecule has 1 aromatic carbocycles. The van der Waals surface area contributed by atoms with Crippen molar-refractivity contribution in [2.24, 2.45) is 5.92 Å². The van der Waals surface area contributed by atoms with E-state index in [1.54, 1.807) is 7.11 Å². The Hall–Kier alpha value is -1.23. The van der Waals surface area contributed by atoms with Gasteiger partial charge in [-0.25, -0.2) is 0 Å². The van der Waals surface area contributed by atoms with Crippen LogP contribution in [0, 0.1) is 5.92 Å². The second-order valence-electron chi connectivity index (χ2n) is 5.19. The Morgan fingerprint density at radius 2 is 2.11 bits per heavy atom. The Bertz CT molecular complexity index is 447. The SMILES string of the molecule is COC1OC2(CCC(c3ccccc3)O2)CC1C=O. The molecule has 0 aliphatic carbocycles. The molecule has 19 heavy (non-hydrogen) atoms. The van der Waals surface area contributed by atoms with E-state index in [9.17, 15) is 4.79 Å². The normalized spacial score (nSPS) is 37.8. The first-order valence-electron chi connectivity index (χ1n) is 6.65. The standard InChI is InChI=1S/C15H18O4/c1-17-14-12(10-16)9-15(19-14)8-7-13(18-15)11-5-3-2-4-6-11/h2-6,10,12-14H,7-9H2,1H3. The molecule has 4 heteroatoms. The molecule has 0 saturated carbocycles. The summed E-state index contributed by atoms with van der Waals surface area (Å²) in [5, 5.41) is 0. The van der Waals surface area contributed by atoms with Crippen LogP contribution in [-0.2, 0) is 19.0 Å². The van der Waals surface area contributed by atoms with Crippen molar-refractivity contribution in [3.63, 3.8) is 0 Å². The molecule has 1 aromatic rings. The maximum Gasteiger partial charge on any atom is 0.173 e. The first kappa shape index (κ1) is 12.8. The van der Waals surface area contributed by atoms with E-state index in [0.29, 0.717) is 6.42 Å². The summed E-state index contributed by atoms with van der Waals surface area (Å²) in [4.78, 5) is 11.1. The zero-order valence-electron chi connectivity index (χ0n) is 11.0. The van der Waals surface area contributed by atoms with Crippen LogP contribution in [0.5, 0.6) is 0 Å². The summed E-state index contributed by atoms with van der Waals surface area (Å²) in [5.74, 6) is -0.883. The molecule has 3 rings (SSSR count). The molecule has 4 unspecified atom stereocenters. The summed E-state index contributed by atoms with van der Waals surface area (Å²) in [6, 6.07) is 10.1. The van der Waals surface area contributed by atoms with Gasteiger partial charge in [-0.2, -0.15) is 0 Å². The third kappa shape index (κ3) is 2.31. The molecule has 102 valence electrons. The third-order valence-corrected chi connectivity index (χ3v) is 3.95. The molecule has 0 aromatic heterocycles. The van der Waals surface area contributed by atoms with Crippen molar-refractivity contribution in [2.75, 3.05) is 7.11 Å². The molecular weight excluding hydrogens is 244 g/mol. The monoisotopic (exact) mass is 262 g/mol. The summed E-state index contributed by atoms with van der Waals surface area (Å²) in [6.45, 7) is 0. The van der Waals surface area contributed by atoms with Gasteiger partial charge in [-0.3, -0.25) is 0 Å². The quantitative estimate of drug-likeness (QED) is 0.785. The van der Waals surface area contributed by atoms with Crippen LogP contribution in [0.25, 0.3) is 0 Å². The predicted octanol–water partition coefficient (Wildman–Crippen LogP) is 2.44. The highest BCUT2D eigenvalue weighted by molar-refractivity contribution is 5.55. The van der Waals surface area contributed by atoms with Crippen molar-refractivity contribution in [2.45, 2.75) is 37.4 Å². The number of ether oxygens (including phenoxy) is 3. The van der Waals surface area contributed by atoms with Gasteiger partial charge in [0.2, 0.25) is 0 Å². The minimum atomic E-state index is -0.646. The van der Waals surface area contributed by atoms with E-state index in [-0.39, 0.29) is 12.0 Å². The average molecular weight is 262 g/mol. The van der Waals surface area contributed by atoms with E-state index in [0.717, 1.165) is 24.7 Å². The highest BCUT2D eigenvalue weighted by Crippen LogP contribution is 2.48. The Morgan fingerprint density at radius 1 is 1.32 bits per heavy atom. The van der Waals surface area contributed by atoms with Crippen molar-refractivity contribution in [3.8, 4) is 0 Å². The van der Waals surface area contributed by atoms with Gasteiger partial charge in [0.15, 0.2) is 12.1 Å². The van der Waals surface area contributed by atoms with Crippen LogP contribution in [0.15, 0.2) is 30.3 Å². The number of carbonyl (C=O) groups excluding carboxylic acids is 1. The van der Waals surface area contributed by atoms with Crippen LogP contribution >= 0.6 is 0 Å². The van der Waals surface area contributed by atoms with Gasteiger partial charge < -0.3 is 19.0 Å². The topological polar surface area (TPSA) is 44.8 Å². The zero-order chi connectivity index (χ0) is 13.3. The predicted molar refractivity (Wildman–Crippen MR) is 68.3 cm³/mol. The molecule has 2 aliphatic heterocycles. The minimum Gasteiger partial charge on any atom is -0.355 e. The summed E-state index contributed by atoms with van der Waals surface area (Å²) in [5.41, 5.74) is 1.16. The van der Waals surface area contributed by atoms with Crippen molar-refractivity contribution < 1.29 is 19.0 Å². The Kier molecular flexibility index (Phi) is 3.39. The number of carbonyl (C=O) groups is 1. The lowest BCUT2D eigenvalue weighted by Crippen LogP contribution is -2.28. The Balaban J connectivity index is 1.74. The van der Waals surface area contributed by atoms with Gasteiger partial charge in [-0.1, -0.05) is 30.3 Å². The highest BCUT2D eigenvalue weighted by Gasteiger charge is 2.52. The first-order chi connectivity index (χ1) is 9.26. The summed E-state index contributed by atoms with van der Waals surface area (Å²) in [7, 11) is 1.56. The van der Waals surface area contributed by atoms with E-state index in [1.165, 1.54) is 0 Å². The van der Waals surface area contributed by atoms with Gasteiger partial charge in [0.25, 0.3) is 0 Å². The molecule has 0 amide bonds. The van der Waals surface area contributed by atoms with Gasteiger partial charge >= 0.3 is 0 Å². The van der Waals surface area contributed by atoms with Crippen molar-refractivity contribution in [3.05, 3.63) is 35.9 Å². The molecule has 2 heterocycles. The van der Waals surface area contributed by atoms with Crippen LogP contribution < -0.4 is 0 Å². The van der Waals surface area contributed by atoms with Gasteiger partial charge in [-0.15, -0.1) is 0 Å². The van der Waals surface area contributed by atoms with Crippen molar-refractivity contribution >= 4 is 6.29 Å². The number of benzene rings is 1. The Labute approximate surface area is 112 Å². The maximum atomic E-state index is 11.1. The molecule has 0 radical (unpaired) electrons. The van der Waals surface area contributed by atoms with Gasteiger partial charge in [-0.05, 0) is 12.0 Å². The lowest BCUT2D eigenvalue weighted by molar-refractivity contribution is -0.260. The molecule has 4 atom stereocenters. The smallest absolute Gasteiger partial charge is 0.173 e. The van der Waals surface area contributed by atoms with E-state index in [1.807, 2.05) is 18.2 Å². The van der Waals surface area contributed by atoms with Crippen LogP contribution in [0.2, 0.25) is 0 Å². The summed E-state index contributed by atoms with van der Waals surface area (Å²) in [6.07, 6.45) is 2.76. The molecule has 2 saturated heterocycles. The number of rotatable bonds is 3. The Morgan fingerprint density at radius 3 is 2.74 bits per heavy atom. The second kappa shape index (κ2) is 5.04. The molecule has 4 nitrogen and oxygen atoms in total. The van der Waals surface area contributed by atoms with Gasteiger partial charge in [0.1, 0.15) is 6.29 Å². The molecule has 1 spiro atoms. The number of aldehydes is 1. The van der Waals surface area contributed by atoms with Gasteiger partial charge in [0.05, 0.1) is 12.0 Å². The third-order valence-electron chi connectivity index (χ3n) is 3.95. The lowest BCUT2D eigenvalue weighted by Gasteiger charge is -2.24. The van der Waals surface area contributed by atoms with Crippen LogP contribution in [-0.4, -0.2) is 25.5 Å². The zero-order valence-corrected chi connectivity index (χ0v) is 11.0. The largest absolute Gasteiger partial charge is 0.355 e. The van der Waals surface area contributed by atoms with E-state index >= 15 is 0 Å². The molecule has 2 aliphatic rings. The molecular formula is C15H18O4. The fourth-order valence-corrected chi connectivity index (χ4v) is 3.01. The first-order valence-corrected chi connectivity index (χ1v) is 6.65. The number of hydrogen-bond donors (Lipinski definition) is 0. The maximum absolute atomic E-state index is 11.1. The lowest BCUT2D eigenvalue weighted by atomic mass is 10.0. The summed E-state index contributed by atoms with van der Waals surface area (Å²) < 4.78 is 17.1. The summed E-state index contributed by atoms with van der Waals surface area (Å²) >= 11 is 0. The van der Waals surface area contributed by atoms with Crippen LogP contribution in [0.4, 0.5) is 0 Å². The highest BCUT2D eigenvalue weighted by atomic mass is 16.8. The minimum absolute atomic E-state index is 0.0455. The second-order valence-corrected chi connectivity index (χ2v) is 5.19. The fourth-order valence-electron chi connectivity index (χ4n) is 3.01. The van der Waals surface area contributed by atoms with Crippen molar-refractivity contribution in [1.82, 2.24) is 0 Å². The molecule has 2 fully saturated rings. The van der Waals surface area contributed by atoms with E-state index in [4.69, 9.17) is 14.2 Å². The molecule has 0 N–H and O–H groups in total. The van der Waals surface area contributed by atoms with Crippen molar-refractivity contribution in [1.29, 1.82) is 0 Å². The fraction of sp³-hybridized carbons (Fsp3) is 0.533. The van der Waals surface area contributed by atoms with Crippen LogP contribution in [0.3, 0.4) is 0 Å². The molecule has 0 bridgehead atoms. The van der Waals surface area contributed by atoms with Crippen LogP contribution in [0.1, 0.15) is 30.9 Å².